The highest BCUT2D eigenvalue weighted by molar-refractivity contribution is 5.93. The molecule has 6 nitrogen and oxygen atoms in total. The number of carbonyl (C=O) groups is 2. The smallest absolute Gasteiger partial charge is 0.332 e. The van der Waals surface area contributed by atoms with Gasteiger partial charge < -0.3 is 9.84 Å². The number of hydrogen-bond acceptors (Lipinski definition) is 4. The minimum atomic E-state index is -1.16. The molecule has 0 unspecified atom stereocenters. The number of rotatable bonds is 7. The molecule has 18 heavy (non-hydrogen) atoms. The molecule has 1 amide bonds. The van der Waals surface area contributed by atoms with Gasteiger partial charge >= 0.3 is 5.97 Å². The van der Waals surface area contributed by atoms with Crippen molar-refractivity contribution in [1.29, 1.82) is 0 Å². The molecule has 0 atom stereocenters. The van der Waals surface area contributed by atoms with E-state index in [0.717, 1.165) is 6.42 Å². The average molecular weight is 253 g/mol. The quantitative estimate of drug-likeness (QED) is 0.714. The Morgan fingerprint density at radius 2 is 2.17 bits per heavy atom. The molecule has 0 radical (unpaired) electrons. The highest BCUT2D eigenvalue weighted by Crippen LogP contribution is 2.13. The van der Waals surface area contributed by atoms with E-state index in [4.69, 9.17) is 9.84 Å². The molecular weight excluding hydrogens is 238 g/mol. The van der Waals surface area contributed by atoms with Crippen molar-refractivity contribution in [2.75, 3.05) is 13.2 Å². The van der Waals surface area contributed by atoms with Gasteiger partial charge in [0, 0.05) is 5.56 Å². The maximum atomic E-state index is 11.6. The standard InChI is InChI=1S/C12H15NO5/c1-2-6-17-10-5-3-4-9(7-10)12(16)13-18-8-11(14)15/h3-5,7H,2,6,8H2,1H3,(H,13,16)(H,14,15). The number of hydroxylamine groups is 1. The Balaban J connectivity index is 2.54. The third-order valence-electron chi connectivity index (χ3n) is 1.93. The zero-order chi connectivity index (χ0) is 13.4. The SMILES string of the molecule is CCCOc1cccc(C(=O)NOCC(=O)O)c1. The minimum Gasteiger partial charge on any atom is -0.494 e. The fraction of sp³-hybridized carbons (Fsp3) is 0.333. The van der Waals surface area contributed by atoms with Crippen molar-refractivity contribution >= 4 is 11.9 Å². The van der Waals surface area contributed by atoms with Crippen molar-refractivity contribution < 1.29 is 24.3 Å². The fourth-order valence-corrected chi connectivity index (χ4v) is 1.17. The van der Waals surface area contributed by atoms with Gasteiger partial charge in [-0.15, -0.1) is 0 Å². The van der Waals surface area contributed by atoms with E-state index in [9.17, 15) is 9.59 Å². The number of carbonyl (C=O) groups excluding carboxylic acids is 1. The molecule has 1 aromatic carbocycles. The van der Waals surface area contributed by atoms with Crippen LogP contribution in [0.2, 0.25) is 0 Å². The number of hydrogen-bond donors (Lipinski definition) is 2. The lowest BCUT2D eigenvalue weighted by atomic mass is 10.2. The molecule has 1 rings (SSSR count). The topological polar surface area (TPSA) is 84.9 Å². The Kier molecular flexibility index (Phi) is 5.66. The molecule has 98 valence electrons. The third-order valence-corrected chi connectivity index (χ3v) is 1.93. The van der Waals surface area contributed by atoms with Gasteiger partial charge in [-0.1, -0.05) is 13.0 Å². The summed E-state index contributed by atoms with van der Waals surface area (Å²) in [4.78, 5) is 26.3. The highest BCUT2D eigenvalue weighted by Gasteiger charge is 2.07. The van der Waals surface area contributed by atoms with Crippen LogP contribution in [0.4, 0.5) is 0 Å². The molecule has 0 aromatic heterocycles. The lowest BCUT2D eigenvalue weighted by Crippen LogP contribution is -2.26. The summed E-state index contributed by atoms with van der Waals surface area (Å²) >= 11 is 0. The van der Waals surface area contributed by atoms with Gasteiger partial charge in [0.05, 0.1) is 6.61 Å². The van der Waals surface area contributed by atoms with Crippen LogP contribution < -0.4 is 10.2 Å². The second-order valence-corrected chi connectivity index (χ2v) is 3.49. The van der Waals surface area contributed by atoms with E-state index in [2.05, 4.69) is 4.84 Å². The Bertz CT molecular complexity index is 419. The Morgan fingerprint density at radius 1 is 1.39 bits per heavy atom. The van der Waals surface area contributed by atoms with Gasteiger partial charge in [0.1, 0.15) is 5.75 Å². The molecule has 0 saturated carbocycles. The van der Waals surface area contributed by atoms with Crippen LogP contribution in [0.1, 0.15) is 23.7 Å². The highest BCUT2D eigenvalue weighted by atomic mass is 16.7. The summed E-state index contributed by atoms with van der Waals surface area (Å²) in [6.07, 6.45) is 0.873. The predicted octanol–water partition coefficient (Wildman–Crippen LogP) is 1.22. The largest absolute Gasteiger partial charge is 0.494 e. The molecule has 6 heteroatoms. The number of ether oxygens (including phenoxy) is 1. The van der Waals surface area contributed by atoms with Gasteiger partial charge in [0.2, 0.25) is 0 Å². The van der Waals surface area contributed by atoms with Gasteiger partial charge in [-0.05, 0) is 24.6 Å². The van der Waals surface area contributed by atoms with Crippen LogP contribution in [0.25, 0.3) is 0 Å². The van der Waals surface area contributed by atoms with E-state index in [1.54, 1.807) is 24.3 Å². The maximum Gasteiger partial charge on any atom is 0.332 e. The molecule has 0 bridgehead atoms. The van der Waals surface area contributed by atoms with Crippen LogP contribution in [0.15, 0.2) is 24.3 Å². The van der Waals surface area contributed by atoms with Crippen molar-refractivity contribution in [2.45, 2.75) is 13.3 Å². The molecule has 0 aliphatic carbocycles. The van der Waals surface area contributed by atoms with E-state index in [1.807, 2.05) is 12.4 Å². The van der Waals surface area contributed by atoms with Crippen molar-refractivity contribution in [3.63, 3.8) is 0 Å². The van der Waals surface area contributed by atoms with Crippen LogP contribution in [-0.4, -0.2) is 30.2 Å². The maximum absolute atomic E-state index is 11.6. The van der Waals surface area contributed by atoms with Gasteiger partial charge in [0.15, 0.2) is 6.61 Å². The summed E-state index contributed by atoms with van der Waals surface area (Å²) in [5.74, 6) is -1.09. The van der Waals surface area contributed by atoms with E-state index < -0.39 is 18.5 Å². The lowest BCUT2D eigenvalue weighted by Gasteiger charge is -2.07. The Hall–Kier alpha value is -2.08. The van der Waals surface area contributed by atoms with Gasteiger partial charge in [-0.2, -0.15) is 0 Å². The molecule has 0 heterocycles. The van der Waals surface area contributed by atoms with E-state index >= 15 is 0 Å². The van der Waals surface area contributed by atoms with Crippen LogP contribution in [0.3, 0.4) is 0 Å². The first kappa shape index (κ1) is 14.0. The number of nitrogens with one attached hydrogen (secondary N) is 1. The summed E-state index contributed by atoms with van der Waals surface area (Å²) < 4.78 is 5.37. The van der Waals surface area contributed by atoms with Gasteiger partial charge in [-0.25, -0.2) is 10.3 Å². The van der Waals surface area contributed by atoms with E-state index in [-0.39, 0.29) is 0 Å². The first-order valence-corrected chi connectivity index (χ1v) is 5.50. The van der Waals surface area contributed by atoms with Crippen LogP contribution >= 0.6 is 0 Å². The normalized spacial score (nSPS) is 9.83. The van der Waals surface area contributed by atoms with Crippen molar-refractivity contribution in [1.82, 2.24) is 5.48 Å². The first-order chi connectivity index (χ1) is 8.63. The predicted molar refractivity (Wildman–Crippen MR) is 63.3 cm³/mol. The van der Waals surface area contributed by atoms with Gasteiger partial charge in [0.25, 0.3) is 5.91 Å². The van der Waals surface area contributed by atoms with Crippen molar-refractivity contribution in [2.24, 2.45) is 0 Å². The Labute approximate surface area is 104 Å². The molecule has 0 fully saturated rings. The van der Waals surface area contributed by atoms with Gasteiger partial charge in [-0.3, -0.25) is 9.63 Å². The summed E-state index contributed by atoms with van der Waals surface area (Å²) in [5, 5.41) is 8.34. The number of carboxylic acid groups (broad SMARTS) is 1. The molecule has 2 N–H and O–H groups in total. The molecule has 0 aliphatic rings. The Morgan fingerprint density at radius 3 is 2.83 bits per heavy atom. The molecular formula is C12H15NO5. The van der Waals surface area contributed by atoms with Crippen molar-refractivity contribution in [3.05, 3.63) is 29.8 Å². The lowest BCUT2D eigenvalue weighted by molar-refractivity contribution is -0.144. The molecule has 1 aromatic rings. The van der Waals surface area contributed by atoms with Crippen molar-refractivity contribution in [3.8, 4) is 5.75 Å². The second kappa shape index (κ2) is 7.29. The van der Waals surface area contributed by atoms with Crippen LogP contribution in [-0.2, 0) is 9.63 Å². The summed E-state index contributed by atoms with van der Waals surface area (Å²) in [6, 6.07) is 6.56. The average Bonchev–Trinajstić information content (AvgIpc) is 2.36. The zero-order valence-corrected chi connectivity index (χ0v) is 10.0. The number of carboxylic acids is 1. The second-order valence-electron chi connectivity index (χ2n) is 3.49. The third kappa shape index (κ3) is 4.84. The first-order valence-electron chi connectivity index (χ1n) is 5.50. The summed E-state index contributed by atoms with van der Waals surface area (Å²) in [6.45, 7) is 1.97. The van der Waals surface area contributed by atoms with E-state index in [0.29, 0.717) is 17.9 Å². The molecule has 0 aliphatic heterocycles. The van der Waals surface area contributed by atoms with Crippen LogP contribution in [0, 0.1) is 0 Å². The summed E-state index contributed by atoms with van der Waals surface area (Å²) in [5.41, 5.74) is 2.38. The zero-order valence-electron chi connectivity index (χ0n) is 10.0. The number of benzene rings is 1. The van der Waals surface area contributed by atoms with E-state index in [1.165, 1.54) is 0 Å². The van der Waals surface area contributed by atoms with Crippen LogP contribution in [0.5, 0.6) is 5.75 Å². The summed E-state index contributed by atoms with van der Waals surface area (Å²) in [7, 11) is 0. The molecule has 0 saturated heterocycles. The number of amides is 1. The monoisotopic (exact) mass is 253 g/mol. The fourth-order valence-electron chi connectivity index (χ4n) is 1.17. The molecule has 0 spiro atoms. The number of aliphatic carboxylic acids is 1. The minimum absolute atomic E-state index is 0.342.